The average molecular weight is 388 g/mol. The number of carbonyl (C=O) groups excluding carboxylic acids is 1. The van der Waals surface area contributed by atoms with Gasteiger partial charge in [-0.3, -0.25) is 4.79 Å². The van der Waals surface area contributed by atoms with E-state index in [1.54, 1.807) is 48.5 Å². The summed E-state index contributed by atoms with van der Waals surface area (Å²) >= 11 is 0. The highest BCUT2D eigenvalue weighted by atomic mass is 32.2. The van der Waals surface area contributed by atoms with E-state index < -0.39 is 26.4 Å². The number of rotatable bonds is 5. The van der Waals surface area contributed by atoms with E-state index in [0.29, 0.717) is 17.5 Å². The van der Waals surface area contributed by atoms with Gasteiger partial charge in [-0.15, -0.1) is 0 Å². The Kier molecular flexibility index (Phi) is 5.60. The molecule has 0 amide bonds. The number of carboxylic acids is 1. The lowest BCUT2D eigenvalue weighted by atomic mass is 9.82. The molecule has 2 atom stereocenters. The Hall–Kier alpha value is -2.67. The molecule has 0 heterocycles. The Balaban J connectivity index is 1.83. The van der Waals surface area contributed by atoms with Gasteiger partial charge >= 0.3 is 11.3 Å². The van der Waals surface area contributed by atoms with Crippen LogP contribution in [-0.4, -0.2) is 24.8 Å². The summed E-state index contributed by atoms with van der Waals surface area (Å²) in [5.41, 5.74) is 2.00. The van der Waals surface area contributed by atoms with Gasteiger partial charge in [-0.2, -0.15) is 0 Å². The molecule has 1 unspecified atom stereocenters. The maximum atomic E-state index is 12.9. The van der Waals surface area contributed by atoms with Crippen LogP contribution in [0.3, 0.4) is 0 Å². The van der Waals surface area contributed by atoms with Crippen LogP contribution in [0.1, 0.15) is 34.8 Å². The normalized spacial score (nSPS) is 19.1. The lowest BCUT2D eigenvalue weighted by Gasteiger charge is -2.30. The third-order valence-corrected chi connectivity index (χ3v) is 6.51. The summed E-state index contributed by atoms with van der Waals surface area (Å²) in [6.45, 7) is -0.133. The minimum absolute atomic E-state index is 0.0894. The highest BCUT2D eigenvalue weighted by Crippen LogP contribution is 2.40. The van der Waals surface area contributed by atoms with Crippen LogP contribution in [0, 0.1) is 5.92 Å². The first-order valence-corrected chi connectivity index (χ1v) is 10.2. The minimum atomic E-state index is -4.27. The molecule has 0 fully saturated rings. The van der Waals surface area contributed by atoms with Crippen LogP contribution in [0.25, 0.3) is 0 Å². The van der Waals surface area contributed by atoms with Crippen molar-refractivity contribution in [3.8, 4) is 0 Å². The molecule has 2 aromatic carbocycles. The zero-order chi connectivity index (χ0) is 19.4. The van der Waals surface area contributed by atoms with E-state index in [9.17, 15) is 18.0 Å². The topological polar surface area (TPSA) is 97.7 Å². The largest absolute Gasteiger partial charge is 0.481 e. The smallest absolute Gasteiger partial charge is 0.425 e. The first-order valence-electron chi connectivity index (χ1n) is 8.62. The van der Waals surface area contributed by atoms with Crippen LogP contribution in [0.5, 0.6) is 0 Å². The zero-order valence-corrected chi connectivity index (χ0v) is 15.4. The monoisotopic (exact) mass is 388 g/mol. The van der Waals surface area contributed by atoms with Crippen molar-refractivity contribution in [3.63, 3.8) is 0 Å². The molecule has 0 aliphatic heterocycles. The number of fused-ring (bicyclic) bond motifs is 1. The molecular formula is C20H20O6S. The van der Waals surface area contributed by atoms with E-state index in [4.69, 9.17) is 9.84 Å². The molecular weight excluding hydrogens is 368 g/mol. The van der Waals surface area contributed by atoms with Crippen LogP contribution >= 0.6 is 0 Å². The lowest BCUT2D eigenvalue weighted by Crippen LogP contribution is -2.30. The Labute approximate surface area is 157 Å². The Morgan fingerprint density at radius 2 is 1.70 bits per heavy atom. The highest BCUT2D eigenvalue weighted by molar-refractivity contribution is 8.05. The van der Waals surface area contributed by atoms with E-state index >= 15 is 0 Å². The fourth-order valence-electron chi connectivity index (χ4n) is 3.47. The van der Waals surface area contributed by atoms with Crippen LogP contribution in [0.15, 0.2) is 54.6 Å². The second-order valence-corrected chi connectivity index (χ2v) is 8.65. The molecule has 0 radical (unpaired) electrons. The van der Waals surface area contributed by atoms with Gasteiger partial charge in [0.05, 0.1) is 5.25 Å². The molecule has 142 valence electrons. The van der Waals surface area contributed by atoms with Gasteiger partial charge in [-0.25, -0.2) is 13.2 Å². The number of hydrogen-bond acceptors (Lipinski definition) is 5. The lowest BCUT2D eigenvalue weighted by molar-refractivity contribution is -0.138. The summed E-state index contributed by atoms with van der Waals surface area (Å²) in [4.78, 5) is 23.4. The quantitative estimate of drug-likeness (QED) is 0.787. The van der Waals surface area contributed by atoms with Crippen molar-refractivity contribution >= 4 is 21.1 Å². The predicted molar refractivity (Wildman–Crippen MR) is 98.8 cm³/mol. The van der Waals surface area contributed by atoms with Gasteiger partial charge in [0.2, 0.25) is 0 Å². The van der Waals surface area contributed by atoms with E-state index in [1.165, 1.54) is 0 Å². The molecule has 3 rings (SSSR count). The molecule has 0 spiro atoms. The van der Waals surface area contributed by atoms with Crippen molar-refractivity contribution in [1.29, 1.82) is 0 Å². The Morgan fingerprint density at radius 1 is 1.04 bits per heavy atom. The molecule has 2 aromatic rings. The van der Waals surface area contributed by atoms with E-state index in [2.05, 4.69) is 0 Å². The van der Waals surface area contributed by atoms with Crippen molar-refractivity contribution in [2.75, 3.05) is 0 Å². The molecule has 0 aromatic heterocycles. The summed E-state index contributed by atoms with van der Waals surface area (Å²) in [5.74, 6) is -1.33. The fraction of sp³-hybridized carbons (Fsp3) is 0.300. The van der Waals surface area contributed by atoms with Gasteiger partial charge in [-0.05, 0) is 35.4 Å². The molecule has 0 saturated heterocycles. The summed E-state index contributed by atoms with van der Waals surface area (Å²) in [6.07, 6.45) is 0.430. The third kappa shape index (κ3) is 4.36. The van der Waals surface area contributed by atoms with E-state index in [0.717, 1.165) is 5.56 Å². The maximum Gasteiger partial charge on any atom is 0.425 e. The van der Waals surface area contributed by atoms with Crippen LogP contribution in [0.2, 0.25) is 0 Å². The van der Waals surface area contributed by atoms with Crippen LogP contribution in [-0.2, 0) is 32.4 Å². The SMILES string of the molecule is O=C(O)C[C@@H]1Cc2ccccc2C(S(=O)(=O)C(=O)OCc2ccccc2)C1. The van der Waals surface area contributed by atoms with Gasteiger partial charge in [0.25, 0.3) is 9.84 Å². The first kappa shape index (κ1) is 19.1. The van der Waals surface area contributed by atoms with E-state index in [-0.39, 0.29) is 25.4 Å². The molecule has 7 heteroatoms. The van der Waals surface area contributed by atoms with Crippen molar-refractivity contribution in [2.45, 2.75) is 31.1 Å². The summed E-state index contributed by atoms with van der Waals surface area (Å²) in [7, 11) is -4.27. The first-order chi connectivity index (χ1) is 12.9. The van der Waals surface area contributed by atoms with Gasteiger partial charge in [0, 0.05) is 6.42 Å². The molecule has 0 bridgehead atoms. The molecule has 27 heavy (non-hydrogen) atoms. The zero-order valence-electron chi connectivity index (χ0n) is 14.6. The number of carbonyl (C=O) groups is 2. The van der Waals surface area contributed by atoms with Gasteiger partial charge in [0.1, 0.15) is 6.61 Å². The predicted octanol–water partition coefficient (Wildman–Crippen LogP) is 3.52. The third-order valence-electron chi connectivity index (χ3n) is 4.73. The Bertz CT molecular complexity index is 936. The Morgan fingerprint density at radius 3 is 2.41 bits per heavy atom. The number of sulfone groups is 1. The van der Waals surface area contributed by atoms with Gasteiger partial charge in [-0.1, -0.05) is 54.6 Å². The number of carboxylic acid groups (broad SMARTS) is 1. The molecule has 0 saturated carbocycles. The second-order valence-electron chi connectivity index (χ2n) is 6.66. The van der Waals surface area contributed by atoms with E-state index in [1.807, 2.05) is 6.07 Å². The van der Waals surface area contributed by atoms with Crippen LogP contribution < -0.4 is 0 Å². The molecule has 1 N–H and O–H groups in total. The standard InChI is InChI=1S/C20H20O6S/c21-19(22)12-15-10-16-8-4-5-9-17(16)18(11-15)27(24,25)20(23)26-13-14-6-2-1-3-7-14/h1-9,15,18H,10-13H2,(H,21,22)/t15-,18?/m1/s1. The molecule has 1 aliphatic rings. The van der Waals surface area contributed by atoms with Crippen molar-refractivity contribution in [3.05, 3.63) is 71.3 Å². The van der Waals surface area contributed by atoms with Gasteiger partial charge < -0.3 is 9.84 Å². The van der Waals surface area contributed by atoms with Gasteiger partial charge in [0.15, 0.2) is 0 Å². The summed E-state index contributed by atoms with van der Waals surface area (Å²) < 4.78 is 30.8. The summed E-state index contributed by atoms with van der Waals surface area (Å²) in [5, 5.41) is 6.72. The van der Waals surface area contributed by atoms with Crippen molar-refractivity contribution < 1.29 is 27.9 Å². The fourth-order valence-corrected chi connectivity index (χ4v) is 5.01. The molecule has 6 nitrogen and oxygen atoms in total. The molecule has 1 aliphatic carbocycles. The highest BCUT2D eigenvalue weighted by Gasteiger charge is 2.41. The number of ether oxygens (including phenoxy) is 1. The van der Waals surface area contributed by atoms with Crippen LogP contribution in [0.4, 0.5) is 4.79 Å². The van der Waals surface area contributed by atoms with Crippen molar-refractivity contribution in [2.24, 2.45) is 5.92 Å². The maximum absolute atomic E-state index is 12.9. The second kappa shape index (κ2) is 7.92. The number of hydrogen-bond donors (Lipinski definition) is 1. The number of aliphatic carboxylic acids is 1. The minimum Gasteiger partial charge on any atom is -0.481 e. The van der Waals surface area contributed by atoms with Crippen molar-refractivity contribution in [1.82, 2.24) is 0 Å². The number of benzene rings is 2. The summed E-state index contributed by atoms with van der Waals surface area (Å²) in [6, 6.07) is 15.8. The average Bonchev–Trinajstić information content (AvgIpc) is 2.65.